The Balaban J connectivity index is 1.67. The third-order valence-corrected chi connectivity index (χ3v) is 5.88. The van der Waals surface area contributed by atoms with E-state index in [-0.39, 0.29) is 22.6 Å². The molecule has 0 atom stereocenters. The number of fused-ring (bicyclic) bond motifs is 1. The molecule has 170 valence electrons. The summed E-state index contributed by atoms with van der Waals surface area (Å²) in [7, 11) is 3.11. The lowest BCUT2D eigenvalue weighted by atomic mass is 10.1. The molecule has 2 aromatic carbocycles. The van der Waals surface area contributed by atoms with Crippen molar-refractivity contribution in [2.45, 2.75) is 19.8 Å². The average Bonchev–Trinajstić information content (AvgIpc) is 3.12. The normalized spacial score (nSPS) is 11.7. The molecule has 9 heteroatoms. The number of aromatic nitrogens is 3. The van der Waals surface area contributed by atoms with Crippen LogP contribution in [0.25, 0.3) is 11.0 Å². The molecule has 33 heavy (non-hydrogen) atoms. The molecule has 0 N–H and O–H groups in total. The summed E-state index contributed by atoms with van der Waals surface area (Å²) < 4.78 is 17.8. The van der Waals surface area contributed by atoms with E-state index in [0.29, 0.717) is 22.6 Å². The van der Waals surface area contributed by atoms with Crippen LogP contribution in [0.5, 0.6) is 17.2 Å². The van der Waals surface area contributed by atoms with Crippen LogP contribution in [-0.4, -0.2) is 35.4 Å². The van der Waals surface area contributed by atoms with Gasteiger partial charge in [0.15, 0.2) is 11.5 Å². The van der Waals surface area contributed by atoms with E-state index in [0.717, 1.165) is 34.6 Å². The molecular weight excluding hydrogens is 442 g/mol. The highest BCUT2D eigenvalue weighted by Gasteiger charge is 2.12. The lowest BCUT2D eigenvalue weighted by molar-refractivity contribution is 0.317. The van der Waals surface area contributed by atoms with Crippen molar-refractivity contribution in [1.82, 2.24) is 14.6 Å². The van der Waals surface area contributed by atoms with Gasteiger partial charge in [0.1, 0.15) is 11.4 Å². The van der Waals surface area contributed by atoms with Gasteiger partial charge in [0.2, 0.25) is 4.96 Å². The smallest absolute Gasteiger partial charge is 0.296 e. The summed E-state index contributed by atoms with van der Waals surface area (Å²) >= 11 is 1.11. The number of benzene rings is 2. The maximum Gasteiger partial charge on any atom is 0.296 e. The zero-order valence-electron chi connectivity index (χ0n) is 18.5. The van der Waals surface area contributed by atoms with Gasteiger partial charge in [0.25, 0.3) is 11.1 Å². The molecule has 0 amide bonds. The van der Waals surface area contributed by atoms with E-state index in [1.807, 2.05) is 37.3 Å². The second-order valence-electron chi connectivity index (χ2n) is 7.26. The Morgan fingerprint density at radius 1 is 1.03 bits per heavy atom. The van der Waals surface area contributed by atoms with Crippen LogP contribution in [0.1, 0.15) is 30.2 Å². The number of hydrogen-bond acceptors (Lipinski definition) is 8. The zero-order valence-corrected chi connectivity index (χ0v) is 19.3. The Labute approximate surface area is 193 Å². The van der Waals surface area contributed by atoms with Gasteiger partial charge in [0, 0.05) is 6.42 Å². The summed E-state index contributed by atoms with van der Waals surface area (Å²) in [4.78, 5) is 29.8. The van der Waals surface area contributed by atoms with Crippen molar-refractivity contribution in [2.75, 3.05) is 20.8 Å². The van der Waals surface area contributed by atoms with E-state index in [4.69, 9.17) is 14.2 Å². The Bertz CT molecular complexity index is 1440. The van der Waals surface area contributed by atoms with Crippen molar-refractivity contribution in [3.05, 3.63) is 84.5 Å². The van der Waals surface area contributed by atoms with Crippen molar-refractivity contribution >= 4 is 22.4 Å². The van der Waals surface area contributed by atoms with Crippen LogP contribution < -0.4 is 29.9 Å². The summed E-state index contributed by atoms with van der Waals surface area (Å²) in [5.74, 6) is 1.92. The van der Waals surface area contributed by atoms with E-state index in [9.17, 15) is 9.59 Å². The highest BCUT2D eigenvalue weighted by Crippen LogP contribution is 2.27. The predicted molar refractivity (Wildman–Crippen MR) is 127 cm³/mol. The Kier molecular flexibility index (Phi) is 6.69. The number of ether oxygens (including phenoxy) is 3. The number of methoxy groups -OCH3 is 2. The van der Waals surface area contributed by atoms with Gasteiger partial charge in [-0.3, -0.25) is 9.59 Å². The molecule has 0 unspecified atom stereocenters. The SMILES string of the molecule is CCCOc1ccc(Cc2nn3c(=O)/c(=C/c4ccc(OC)c(OC)c4)sc3nc2=O)cc1. The number of nitrogens with zero attached hydrogens (tertiary/aromatic N) is 3. The van der Waals surface area contributed by atoms with Crippen LogP contribution in [0, 0.1) is 0 Å². The first-order valence-electron chi connectivity index (χ1n) is 10.4. The van der Waals surface area contributed by atoms with Gasteiger partial charge in [-0.2, -0.15) is 14.6 Å². The second kappa shape index (κ2) is 9.83. The molecule has 2 heterocycles. The fourth-order valence-corrected chi connectivity index (χ4v) is 4.17. The molecule has 0 aliphatic heterocycles. The van der Waals surface area contributed by atoms with Gasteiger partial charge in [-0.25, -0.2) is 0 Å². The minimum atomic E-state index is -0.444. The molecule has 0 aliphatic rings. The first-order chi connectivity index (χ1) is 16.0. The minimum absolute atomic E-state index is 0.210. The number of hydrogen-bond donors (Lipinski definition) is 0. The van der Waals surface area contributed by atoms with Gasteiger partial charge in [-0.15, -0.1) is 0 Å². The minimum Gasteiger partial charge on any atom is -0.494 e. The van der Waals surface area contributed by atoms with Crippen LogP contribution in [-0.2, 0) is 6.42 Å². The molecule has 2 aromatic heterocycles. The fraction of sp³-hybridized carbons (Fsp3) is 0.250. The van der Waals surface area contributed by atoms with Crippen LogP contribution in [0.2, 0.25) is 0 Å². The molecule has 0 radical (unpaired) electrons. The first-order valence-corrected chi connectivity index (χ1v) is 11.2. The van der Waals surface area contributed by atoms with Gasteiger partial charge in [-0.05, 0) is 47.9 Å². The highest BCUT2D eigenvalue weighted by molar-refractivity contribution is 7.15. The Morgan fingerprint density at radius 3 is 2.48 bits per heavy atom. The summed E-state index contributed by atoms with van der Waals surface area (Å²) in [6, 6.07) is 12.8. The van der Waals surface area contributed by atoms with Crippen molar-refractivity contribution in [3.63, 3.8) is 0 Å². The molecule has 0 aliphatic carbocycles. The van der Waals surface area contributed by atoms with Gasteiger partial charge < -0.3 is 14.2 Å². The molecule has 0 saturated carbocycles. The maximum absolute atomic E-state index is 12.9. The van der Waals surface area contributed by atoms with E-state index >= 15 is 0 Å². The quantitative estimate of drug-likeness (QED) is 0.395. The topological polar surface area (TPSA) is 92.0 Å². The van der Waals surface area contributed by atoms with E-state index in [1.54, 1.807) is 32.4 Å². The first kappa shape index (κ1) is 22.5. The van der Waals surface area contributed by atoms with Crippen molar-refractivity contribution in [1.29, 1.82) is 0 Å². The number of thiazole rings is 1. The van der Waals surface area contributed by atoms with Crippen LogP contribution in [0.4, 0.5) is 0 Å². The molecule has 0 spiro atoms. The van der Waals surface area contributed by atoms with Gasteiger partial charge in [-0.1, -0.05) is 36.5 Å². The molecule has 0 saturated heterocycles. The standard InChI is InChI=1S/C24H23N3O5S/c1-4-11-32-17-8-5-15(6-9-17)12-18-22(28)25-24-27(26-18)23(29)21(33-24)14-16-7-10-19(30-2)20(13-16)31-3/h5-10,13-14H,4,11-12H2,1-3H3/b21-14-. The van der Waals surface area contributed by atoms with Gasteiger partial charge >= 0.3 is 0 Å². The summed E-state index contributed by atoms with van der Waals surface area (Å²) in [5, 5.41) is 4.31. The Morgan fingerprint density at radius 2 is 1.79 bits per heavy atom. The molecule has 0 fully saturated rings. The summed E-state index contributed by atoms with van der Waals surface area (Å²) in [6.07, 6.45) is 2.91. The maximum atomic E-state index is 12.9. The third-order valence-electron chi connectivity index (χ3n) is 4.92. The second-order valence-corrected chi connectivity index (χ2v) is 8.27. The molecule has 4 rings (SSSR count). The Hall–Kier alpha value is -3.72. The highest BCUT2D eigenvalue weighted by atomic mass is 32.1. The molecule has 4 aromatic rings. The summed E-state index contributed by atoms with van der Waals surface area (Å²) in [5.41, 5.74) is 1.07. The average molecular weight is 466 g/mol. The van der Waals surface area contributed by atoms with Crippen molar-refractivity contribution in [2.24, 2.45) is 0 Å². The van der Waals surface area contributed by atoms with Crippen molar-refractivity contribution < 1.29 is 14.2 Å². The lowest BCUT2D eigenvalue weighted by Gasteiger charge is -2.07. The monoisotopic (exact) mass is 465 g/mol. The summed E-state index contributed by atoms with van der Waals surface area (Å²) in [6.45, 7) is 2.69. The van der Waals surface area contributed by atoms with Crippen LogP contribution in [0.15, 0.2) is 52.1 Å². The molecule has 0 bridgehead atoms. The predicted octanol–water partition coefficient (Wildman–Crippen LogP) is 2.46. The van der Waals surface area contributed by atoms with Crippen LogP contribution >= 0.6 is 11.3 Å². The third kappa shape index (κ3) is 4.88. The number of rotatable bonds is 8. The largest absolute Gasteiger partial charge is 0.494 e. The van der Waals surface area contributed by atoms with Gasteiger partial charge in [0.05, 0.1) is 25.4 Å². The zero-order chi connectivity index (χ0) is 23.4. The molecular formula is C24H23N3O5S. The lowest BCUT2D eigenvalue weighted by Crippen LogP contribution is -2.28. The van der Waals surface area contributed by atoms with E-state index < -0.39 is 5.56 Å². The fourth-order valence-electron chi connectivity index (χ4n) is 3.26. The molecule has 8 nitrogen and oxygen atoms in total. The van der Waals surface area contributed by atoms with E-state index in [1.165, 1.54) is 4.52 Å². The van der Waals surface area contributed by atoms with Crippen LogP contribution in [0.3, 0.4) is 0 Å². The van der Waals surface area contributed by atoms with Crippen molar-refractivity contribution in [3.8, 4) is 17.2 Å². The van der Waals surface area contributed by atoms with E-state index in [2.05, 4.69) is 10.1 Å².